The molecule has 0 aromatic heterocycles. The van der Waals surface area contributed by atoms with Crippen LogP contribution >= 0.6 is 0 Å². The smallest absolute Gasteiger partial charge is 0.234 e. The second kappa shape index (κ2) is 8.86. The van der Waals surface area contributed by atoms with Crippen LogP contribution in [0.5, 0.6) is 0 Å². The van der Waals surface area contributed by atoms with Crippen LogP contribution in [0.3, 0.4) is 0 Å². The van der Waals surface area contributed by atoms with Gasteiger partial charge in [0.05, 0.1) is 18.0 Å². The van der Waals surface area contributed by atoms with Gasteiger partial charge in [-0.2, -0.15) is 5.26 Å². The molecule has 27 heavy (non-hydrogen) atoms. The monoisotopic (exact) mass is 368 g/mol. The van der Waals surface area contributed by atoms with Crippen molar-refractivity contribution in [2.24, 2.45) is 0 Å². The molecule has 1 N–H and O–H groups in total. The first-order valence-electron chi connectivity index (χ1n) is 10.2. The van der Waals surface area contributed by atoms with E-state index < -0.39 is 0 Å². The number of carbonyl (C=O) groups is 1. The standard InChI is InChI=1S/C22H32N4O/c1-18(2)24-21(27)16-25-12-14-26(15-13-25)20-8-10-22(17-23,11-9-20)19-6-4-3-5-7-19/h3-7,18,20H,8-16H2,1-2H3,(H,24,27). The molecule has 1 heterocycles. The Hall–Kier alpha value is -1.90. The first kappa shape index (κ1) is 19.9. The number of benzene rings is 1. The summed E-state index contributed by atoms with van der Waals surface area (Å²) in [7, 11) is 0. The Balaban J connectivity index is 1.48. The summed E-state index contributed by atoms with van der Waals surface area (Å²) in [6, 6.07) is 13.7. The van der Waals surface area contributed by atoms with Crippen molar-refractivity contribution in [1.82, 2.24) is 15.1 Å². The number of nitriles is 1. The summed E-state index contributed by atoms with van der Waals surface area (Å²) in [6.07, 6.45) is 4.04. The maximum Gasteiger partial charge on any atom is 0.234 e. The number of piperazine rings is 1. The molecule has 2 fully saturated rings. The Morgan fingerprint density at radius 1 is 1.19 bits per heavy atom. The molecule has 1 aliphatic carbocycles. The molecule has 0 spiro atoms. The molecule has 1 saturated carbocycles. The quantitative estimate of drug-likeness (QED) is 0.868. The molecule has 2 aliphatic rings. The molecule has 0 radical (unpaired) electrons. The van der Waals surface area contributed by atoms with E-state index in [1.54, 1.807) is 0 Å². The van der Waals surface area contributed by atoms with Crippen molar-refractivity contribution in [3.05, 3.63) is 35.9 Å². The second-order valence-corrected chi connectivity index (χ2v) is 8.33. The van der Waals surface area contributed by atoms with Crippen molar-refractivity contribution in [3.8, 4) is 6.07 Å². The lowest BCUT2D eigenvalue weighted by atomic mass is 9.69. The first-order chi connectivity index (χ1) is 13.0. The summed E-state index contributed by atoms with van der Waals surface area (Å²) < 4.78 is 0. The molecule has 5 nitrogen and oxygen atoms in total. The maximum absolute atomic E-state index is 11.9. The highest BCUT2D eigenvalue weighted by atomic mass is 16.2. The summed E-state index contributed by atoms with van der Waals surface area (Å²) in [5.74, 6) is 0.123. The van der Waals surface area contributed by atoms with Gasteiger partial charge in [-0.3, -0.25) is 14.6 Å². The third kappa shape index (κ3) is 4.88. The van der Waals surface area contributed by atoms with E-state index >= 15 is 0 Å². The summed E-state index contributed by atoms with van der Waals surface area (Å²) >= 11 is 0. The van der Waals surface area contributed by atoms with Gasteiger partial charge < -0.3 is 5.32 Å². The maximum atomic E-state index is 11.9. The van der Waals surface area contributed by atoms with E-state index in [1.807, 2.05) is 32.0 Å². The van der Waals surface area contributed by atoms with Crippen molar-refractivity contribution >= 4 is 5.91 Å². The largest absolute Gasteiger partial charge is 0.353 e. The van der Waals surface area contributed by atoms with E-state index in [-0.39, 0.29) is 17.4 Å². The predicted octanol–water partition coefficient (Wildman–Crippen LogP) is 2.53. The Kier molecular flexibility index (Phi) is 6.51. The average molecular weight is 369 g/mol. The summed E-state index contributed by atoms with van der Waals surface area (Å²) in [4.78, 5) is 16.8. The zero-order valence-corrected chi connectivity index (χ0v) is 16.7. The minimum atomic E-state index is -0.311. The minimum absolute atomic E-state index is 0.123. The Morgan fingerprint density at radius 3 is 2.37 bits per heavy atom. The van der Waals surface area contributed by atoms with E-state index in [4.69, 9.17) is 0 Å². The predicted molar refractivity (Wildman–Crippen MR) is 107 cm³/mol. The molecule has 0 unspecified atom stereocenters. The molecular weight excluding hydrogens is 336 g/mol. The number of hydrogen-bond donors (Lipinski definition) is 1. The minimum Gasteiger partial charge on any atom is -0.353 e. The van der Waals surface area contributed by atoms with Crippen molar-refractivity contribution in [2.75, 3.05) is 32.7 Å². The summed E-state index contributed by atoms with van der Waals surface area (Å²) in [5.41, 5.74) is 0.862. The molecule has 0 bridgehead atoms. The number of hydrogen-bond acceptors (Lipinski definition) is 4. The molecule has 5 heteroatoms. The Morgan fingerprint density at radius 2 is 1.81 bits per heavy atom. The van der Waals surface area contributed by atoms with Crippen LogP contribution in [0, 0.1) is 11.3 Å². The van der Waals surface area contributed by atoms with E-state index in [1.165, 1.54) is 5.56 Å². The topological polar surface area (TPSA) is 59.4 Å². The molecule has 1 aliphatic heterocycles. The zero-order valence-electron chi connectivity index (χ0n) is 16.7. The lowest BCUT2D eigenvalue weighted by Gasteiger charge is -2.43. The van der Waals surface area contributed by atoms with Gasteiger partial charge in [0.25, 0.3) is 0 Å². The molecule has 3 rings (SSSR count). The van der Waals surface area contributed by atoms with E-state index in [0.717, 1.165) is 51.9 Å². The molecule has 1 aromatic rings. The van der Waals surface area contributed by atoms with Crippen LogP contribution in [0.4, 0.5) is 0 Å². The highest BCUT2D eigenvalue weighted by molar-refractivity contribution is 5.78. The van der Waals surface area contributed by atoms with Crippen molar-refractivity contribution in [3.63, 3.8) is 0 Å². The van der Waals surface area contributed by atoms with E-state index in [2.05, 4.69) is 33.3 Å². The molecule has 1 aromatic carbocycles. The van der Waals surface area contributed by atoms with Crippen molar-refractivity contribution in [1.29, 1.82) is 5.26 Å². The van der Waals surface area contributed by atoms with Gasteiger partial charge in [-0.25, -0.2) is 0 Å². The fourth-order valence-electron chi connectivity index (χ4n) is 4.54. The van der Waals surface area contributed by atoms with Gasteiger partial charge >= 0.3 is 0 Å². The Bertz CT molecular complexity index is 651. The molecule has 1 saturated heterocycles. The summed E-state index contributed by atoms with van der Waals surface area (Å²) in [5, 5.41) is 12.8. The fraction of sp³-hybridized carbons (Fsp3) is 0.636. The summed E-state index contributed by atoms with van der Waals surface area (Å²) in [6.45, 7) is 8.43. The van der Waals surface area contributed by atoms with Crippen LogP contribution in [0.2, 0.25) is 0 Å². The third-order valence-electron chi connectivity index (χ3n) is 6.09. The normalized spacial score (nSPS) is 27.3. The van der Waals surface area contributed by atoms with Gasteiger partial charge in [0.1, 0.15) is 0 Å². The zero-order chi connectivity index (χ0) is 19.3. The molecular formula is C22H32N4O. The lowest BCUT2D eigenvalue weighted by Crippen LogP contribution is -2.53. The van der Waals surface area contributed by atoms with Crippen molar-refractivity contribution in [2.45, 2.75) is 57.0 Å². The fourth-order valence-corrected chi connectivity index (χ4v) is 4.54. The number of amides is 1. The second-order valence-electron chi connectivity index (χ2n) is 8.33. The number of carbonyl (C=O) groups excluding carboxylic acids is 1. The number of nitrogens with one attached hydrogen (secondary N) is 1. The van der Waals surface area contributed by atoms with Crippen molar-refractivity contribution < 1.29 is 4.79 Å². The van der Waals surface area contributed by atoms with Gasteiger partial charge in [-0.05, 0) is 45.1 Å². The van der Waals surface area contributed by atoms with Crippen LogP contribution in [0.25, 0.3) is 0 Å². The number of nitrogens with zero attached hydrogens (tertiary/aromatic N) is 3. The average Bonchev–Trinajstić information content (AvgIpc) is 2.69. The number of rotatable bonds is 5. The molecule has 1 amide bonds. The van der Waals surface area contributed by atoms with Crippen LogP contribution in [-0.2, 0) is 10.2 Å². The van der Waals surface area contributed by atoms with Gasteiger partial charge in [0, 0.05) is 38.3 Å². The SMILES string of the molecule is CC(C)NC(=O)CN1CCN(C2CCC(C#N)(c3ccccc3)CC2)CC1. The van der Waals surface area contributed by atoms with Gasteiger partial charge in [0.2, 0.25) is 5.91 Å². The van der Waals surface area contributed by atoms with E-state index in [9.17, 15) is 10.1 Å². The molecule has 146 valence electrons. The Labute approximate surface area is 163 Å². The highest BCUT2D eigenvalue weighted by Crippen LogP contribution is 2.40. The highest BCUT2D eigenvalue weighted by Gasteiger charge is 2.39. The van der Waals surface area contributed by atoms with Gasteiger partial charge in [0.15, 0.2) is 0 Å². The lowest BCUT2D eigenvalue weighted by molar-refractivity contribution is -0.123. The molecule has 0 atom stereocenters. The first-order valence-corrected chi connectivity index (χ1v) is 10.2. The van der Waals surface area contributed by atoms with Gasteiger partial charge in [-0.1, -0.05) is 30.3 Å². The van der Waals surface area contributed by atoms with Crippen LogP contribution in [0.1, 0.15) is 45.1 Å². The van der Waals surface area contributed by atoms with Gasteiger partial charge in [-0.15, -0.1) is 0 Å². The van der Waals surface area contributed by atoms with Crippen LogP contribution in [-0.4, -0.2) is 60.5 Å². The van der Waals surface area contributed by atoms with Crippen LogP contribution < -0.4 is 5.32 Å². The van der Waals surface area contributed by atoms with E-state index in [0.29, 0.717) is 12.6 Å². The van der Waals surface area contributed by atoms with Crippen LogP contribution in [0.15, 0.2) is 30.3 Å². The third-order valence-corrected chi connectivity index (χ3v) is 6.09.